The number of hydrogen-bond donors (Lipinski definition) is 0. The van der Waals surface area contributed by atoms with Gasteiger partial charge in [0.15, 0.2) is 0 Å². The van der Waals surface area contributed by atoms with Gasteiger partial charge in [-0.15, -0.1) is 0 Å². The minimum absolute atomic E-state index is 0.0347. The number of aldehydes is 1. The highest BCUT2D eigenvalue weighted by molar-refractivity contribution is 5.73. The topological polar surface area (TPSA) is 57.9 Å². The molecule has 9 heavy (non-hydrogen) atoms. The van der Waals surface area contributed by atoms with Gasteiger partial charge in [0, 0.05) is 12.8 Å². The fourth-order valence-electron chi connectivity index (χ4n) is 0.564. The average Bonchev–Trinajstić information content (AvgIpc) is 1.63. The third kappa shape index (κ3) is 5.00. The zero-order valence-electron chi connectivity index (χ0n) is 5.39. The maximum absolute atomic E-state index is 10.1. The second-order valence-electron chi connectivity index (χ2n) is 2.13. The lowest BCUT2D eigenvalue weighted by molar-refractivity contribution is -0.119. The summed E-state index contributed by atoms with van der Waals surface area (Å²) in [6, 6.07) is 0. The van der Waals surface area contributed by atoms with Gasteiger partial charge in [-0.05, 0) is 5.92 Å². The summed E-state index contributed by atoms with van der Waals surface area (Å²) < 4.78 is 0. The van der Waals surface area contributed by atoms with Crippen molar-refractivity contribution >= 4 is 12.2 Å². The Labute approximate surface area is 54.2 Å². The molecule has 1 atom stereocenters. The smallest absolute Gasteiger partial charge is 0.238 e. The molecule has 3 nitrogen and oxygen atoms in total. The Balaban J connectivity index is 3.37. The van der Waals surface area contributed by atoms with Crippen molar-refractivity contribution in [1.82, 2.24) is 5.73 Å². The Kier molecular flexibility index (Phi) is 3.67. The summed E-state index contributed by atoms with van der Waals surface area (Å²) >= 11 is 0. The maximum atomic E-state index is 10.1. The monoisotopic (exact) mass is 128 g/mol. The van der Waals surface area contributed by atoms with E-state index in [1.54, 1.807) is 6.92 Å². The van der Waals surface area contributed by atoms with E-state index in [0.29, 0.717) is 6.42 Å². The van der Waals surface area contributed by atoms with Crippen LogP contribution in [-0.2, 0) is 9.59 Å². The molecule has 1 amide bonds. The standard InChI is InChI=1S/C6H10NO2/c1-5(2-3-8)4-6(7)9/h3,5,7H,2,4H2,1H3. The molecule has 0 spiro atoms. The highest BCUT2D eigenvalue weighted by atomic mass is 16.1. The number of nitrogens with one attached hydrogen (secondary N) is 1. The number of carbonyl (C=O) groups is 2. The van der Waals surface area contributed by atoms with E-state index in [0.717, 1.165) is 6.29 Å². The average molecular weight is 128 g/mol. The van der Waals surface area contributed by atoms with Gasteiger partial charge in [-0.25, -0.2) is 0 Å². The molecule has 3 heteroatoms. The molecule has 0 aliphatic carbocycles. The van der Waals surface area contributed by atoms with Crippen LogP contribution in [0.15, 0.2) is 0 Å². The Morgan fingerprint density at radius 3 is 2.67 bits per heavy atom. The Bertz CT molecular complexity index is 112. The number of amides is 1. The highest BCUT2D eigenvalue weighted by Gasteiger charge is 2.04. The van der Waals surface area contributed by atoms with Crippen LogP contribution in [-0.4, -0.2) is 12.2 Å². The highest BCUT2D eigenvalue weighted by Crippen LogP contribution is 2.03. The maximum Gasteiger partial charge on any atom is 0.238 e. The lowest BCUT2D eigenvalue weighted by atomic mass is 10.1. The molecule has 0 aromatic heterocycles. The van der Waals surface area contributed by atoms with E-state index in [1.807, 2.05) is 0 Å². The predicted molar refractivity (Wildman–Crippen MR) is 32.6 cm³/mol. The van der Waals surface area contributed by atoms with Crippen molar-refractivity contribution in [2.45, 2.75) is 19.8 Å². The lowest BCUT2D eigenvalue weighted by Gasteiger charge is -2.00. The quantitative estimate of drug-likeness (QED) is 0.515. The SMILES string of the molecule is CC(CC=O)CC([NH])=O. The summed E-state index contributed by atoms with van der Waals surface area (Å²) in [6.45, 7) is 1.78. The van der Waals surface area contributed by atoms with Gasteiger partial charge in [0.05, 0.1) is 0 Å². The van der Waals surface area contributed by atoms with Gasteiger partial charge >= 0.3 is 0 Å². The van der Waals surface area contributed by atoms with Gasteiger partial charge < -0.3 is 4.79 Å². The van der Waals surface area contributed by atoms with Crippen LogP contribution in [0.4, 0.5) is 0 Å². The van der Waals surface area contributed by atoms with Crippen LogP contribution >= 0.6 is 0 Å². The van der Waals surface area contributed by atoms with Crippen molar-refractivity contribution in [2.24, 2.45) is 5.92 Å². The minimum Gasteiger partial charge on any atom is -0.303 e. The fourth-order valence-corrected chi connectivity index (χ4v) is 0.564. The largest absolute Gasteiger partial charge is 0.303 e. The number of hydrogen-bond acceptors (Lipinski definition) is 2. The molecule has 0 aliphatic heterocycles. The van der Waals surface area contributed by atoms with Crippen LogP contribution in [0, 0.1) is 5.92 Å². The number of rotatable bonds is 4. The van der Waals surface area contributed by atoms with Crippen LogP contribution in [0.1, 0.15) is 19.8 Å². The van der Waals surface area contributed by atoms with Crippen molar-refractivity contribution in [3.63, 3.8) is 0 Å². The molecule has 0 saturated heterocycles. The second kappa shape index (κ2) is 4.06. The molecular formula is C6H10NO2. The fraction of sp³-hybridized carbons (Fsp3) is 0.667. The van der Waals surface area contributed by atoms with Crippen molar-refractivity contribution in [1.29, 1.82) is 0 Å². The van der Waals surface area contributed by atoms with E-state index < -0.39 is 5.91 Å². The van der Waals surface area contributed by atoms with Gasteiger partial charge in [-0.1, -0.05) is 6.92 Å². The summed E-state index contributed by atoms with van der Waals surface area (Å²) in [5.41, 5.74) is 6.53. The molecule has 1 unspecified atom stereocenters. The summed E-state index contributed by atoms with van der Waals surface area (Å²) in [6.07, 6.45) is 1.34. The van der Waals surface area contributed by atoms with E-state index in [9.17, 15) is 9.59 Å². The molecule has 0 aliphatic rings. The summed E-state index contributed by atoms with van der Waals surface area (Å²) in [7, 11) is 0. The van der Waals surface area contributed by atoms with Crippen LogP contribution < -0.4 is 5.73 Å². The molecular weight excluding hydrogens is 118 g/mol. The molecule has 1 radical (unpaired) electrons. The normalized spacial score (nSPS) is 12.6. The minimum atomic E-state index is -0.593. The summed E-state index contributed by atoms with van der Waals surface area (Å²) in [5, 5.41) is 0. The Morgan fingerprint density at radius 1 is 1.78 bits per heavy atom. The van der Waals surface area contributed by atoms with Crippen molar-refractivity contribution in [3.8, 4) is 0 Å². The van der Waals surface area contributed by atoms with Crippen LogP contribution in [0.3, 0.4) is 0 Å². The molecule has 0 rings (SSSR count). The summed E-state index contributed by atoms with van der Waals surface area (Å²) in [5.74, 6) is -0.558. The van der Waals surface area contributed by atoms with E-state index in [2.05, 4.69) is 0 Å². The Hall–Kier alpha value is -0.860. The van der Waals surface area contributed by atoms with Gasteiger partial charge in [0.25, 0.3) is 0 Å². The molecule has 0 bridgehead atoms. The van der Waals surface area contributed by atoms with Crippen molar-refractivity contribution < 1.29 is 9.59 Å². The van der Waals surface area contributed by atoms with Gasteiger partial charge in [0.2, 0.25) is 5.91 Å². The van der Waals surface area contributed by atoms with E-state index in [4.69, 9.17) is 5.73 Å². The third-order valence-corrected chi connectivity index (χ3v) is 1.03. The van der Waals surface area contributed by atoms with Gasteiger partial charge in [-0.2, -0.15) is 0 Å². The third-order valence-electron chi connectivity index (χ3n) is 1.03. The first-order valence-corrected chi connectivity index (χ1v) is 2.85. The van der Waals surface area contributed by atoms with Gasteiger partial charge in [0.1, 0.15) is 6.29 Å². The van der Waals surface area contributed by atoms with Gasteiger partial charge in [-0.3, -0.25) is 10.5 Å². The molecule has 0 saturated carbocycles. The lowest BCUT2D eigenvalue weighted by Crippen LogP contribution is -2.05. The first-order valence-electron chi connectivity index (χ1n) is 2.85. The van der Waals surface area contributed by atoms with E-state index in [-0.39, 0.29) is 12.3 Å². The molecule has 0 aromatic rings. The first kappa shape index (κ1) is 8.14. The van der Waals surface area contributed by atoms with Crippen LogP contribution in [0.5, 0.6) is 0 Å². The molecule has 0 aromatic carbocycles. The molecule has 0 heterocycles. The zero-order valence-corrected chi connectivity index (χ0v) is 5.39. The van der Waals surface area contributed by atoms with Crippen molar-refractivity contribution in [3.05, 3.63) is 0 Å². The summed E-state index contributed by atoms with van der Waals surface area (Å²) in [4.78, 5) is 19.9. The zero-order chi connectivity index (χ0) is 7.28. The molecule has 0 fully saturated rings. The Morgan fingerprint density at radius 2 is 2.33 bits per heavy atom. The molecule has 1 N–H and O–H groups in total. The first-order chi connectivity index (χ1) is 4.16. The van der Waals surface area contributed by atoms with Crippen LogP contribution in [0.2, 0.25) is 0 Å². The van der Waals surface area contributed by atoms with Crippen LogP contribution in [0.25, 0.3) is 0 Å². The number of carbonyl (C=O) groups excluding carboxylic acids is 2. The van der Waals surface area contributed by atoms with E-state index >= 15 is 0 Å². The second-order valence-corrected chi connectivity index (χ2v) is 2.13. The predicted octanol–water partition coefficient (Wildman–Crippen LogP) is 0.411. The molecule has 51 valence electrons. The van der Waals surface area contributed by atoms with Crippen molar-refractivity contribution in [2.75, 3.05) is 0 Å². The van der Waals surface area contributed by atoms with E-state index in [1.165, 1.54) is 0 Å².